The predicted octanol–water partition coefficient (Wildman–Crippen LogP) is 2.98. The van der Waals surface area contributed by atoms with E-state index in [0.717, 1.165) is 48.8 Å². The van der Waals surface area contributed by atoms with Gasteiger partial charge in [0.15, 0.2) is 0 Å². The Morgan fingerprint density at radius 1 is 1.04 bits per heavy atom. The van der Waals surface area contributed by atoms with Crippen LogP contribution in [0.4, 0.5) is 11.4 Å². The number of anilines is 2. The zero-order chi connectivity index (χ0) is 19.2. The van der Waals surface area contributed by atoms with Gasteiger partial charge < -0.3 is 15.1 Å². The highest BCUT2D eigenvalue weighted by molar-refractivity contribution is 5.94. The van der Waals surface area contributed by atoms with E-state index in [2.05, 4.69) is 28.7 Å². The van der Waals surface area contributed by atoms with Crippen LogP contribution in [0.25, 0.3) is 5.70 Å². The van der Waals surface area contributed by atoms with Gasteiger partial charge in [0.05, 0.1) is 6.54 Å². The number of carbonyl (C=O) groups is 1. The molecule has 0 atom stereocenters. The molecule has 1 saturated heterocycles. The van der Waals surface area contributed by atoms with E-state index in [1.807, 2.05) is 61.6 Å². The Kier molecular flexibility index (Phi) is 6.27. The zero-order valence-corrected chi connectivity index (χ0v) is 16.2. The molecule has 1 heterocycles. The Bertz CT molecular complexity index is 765. The monoisotopic (exact) mass is 364 g/mol. The van der Waals surface area contributed by atoms with Gasteiger partial charge in [-0.15, -0.1) is 0 Å². The molecule has 1 amide bonds. The van der Waals surface area contributed by atoms with Gasteiger partial charge in [-0.25, -0.2) is 0 Å². The maximum atomic E-state index is 12.6. The lowest BCUT2D eigenvalue weighted by atomic mass is 10.1. The second-order valence-corrected chi connectivity index (χ2v) is 7.05. The molecule has 27 heavy (non-hydrogen) atoms. The Morgan fingerprint density at radius 2 is 1.67 bits per heavy atom. The SMILES string of the molecule is C=C(Nc1ccc(N(C)C(=O)CN2CCN(C)CC2)cc1)c1ccccc1. The van der Waals surface area contributed by atoms with Gasteiger partial charge in [-0.3, -0.25) is 9.69 Å². The summed E-state index contributed by atoms with van der Waals surface area (Å²) in [5.41, 5.74) is 3.75. The van der Waals surface area contributed by atoms with Gasteiger partial charge in [-0.2, -0.15) is 0 Å². The summed E-state index contributed by atoms with van der Waals surface area (Å²) in [4.78, 5) is 18.8. The van der Waals surface area contributed by atoms with E-state index >= 15 is 0 Å². The second-order valence-electron chi connectivity index (χ2n) is 7.05. The van der Waals surface area contributed by atoms with E-state index in [-0.39, 0.29) is 5.91 Å². The molecule has 2 aromatic carbocycles. The molecule has 0 radical (unpaired) electrons. The van der Waals surface area contributed by atoms with E-state index in [1.54, 1.807) is 4.90 Å². The first-order chi connectivity index (χ1) is 13.0. The number of piperazine rings is 1. The summed E-state index contributed by atoms with van der Waals surface area (Å²) in [6.45, 7) is 8.48. The van der Waals surface area contributed by atoms with Crippen molar-refractivity contribution in [2.45, 2.75) is 0 Å². The van der Waals surface area contributed by atoms with Crippen molar-refractivity contribution in [3.8, 4) is 0 Å². The minimum Gasteiger partial charge on any atom is -0.356 e. The quantitative estimate of drug-likeness (QED) is 0.855. The van der Waals surface area contributed by atoms with Crippen LogP contribution in [0, 0.1) is 0 Å². The molecule has 0 spiro atoms. The summed E-state index contributed by atoms with van der Waals surface area (Å²) in [7, 11) is 3.96. The smallest absolute Gasteiger partial charge is 0.240 e. The normalized spacial score (nSPS) is 15.3. The number of rotatable bonds is 6. The number of hydrogen-bond donors (Lipinski definition) is 1. The second kappa shape index (κ2) is 8.84. The maximum absolute atomic E-state index is 12.6. The molecule has 0 unspecified atom stereocenters. The number of nitrogens with one attached hydrogen (secondary N) is 1. The summed E-state index contributed by atoms with van der Waals surface area (Å²) >= 11 is 0. The van der Waals surface area contributed by atoms with Gasteiger partial charge >= 0.3 is 0 Å². The molecule has 5 nitrogen and oxygen atoms in total. The Morgan fingerprint density at radius 3 is 2.30 bits per heavy atom. The van der Waals surface area contributed by atoms with E-state index in [4.69, 9.17) is 0 Å². The molecular formula is C22H28N4O. The Balaban J connectivity index is 1.56. The van der Waals surface area contributed by atoms with Crippen LogP contribution in [0.15, 0.2) is 61.2 Å². The first-order valence-electron chi connectivity index (χ1n) is 9.32. The Labute approximate surface area is 161 Å². The molecule has 1 fully saturated rings. The molecule has 1 aliphatic rings. The topological polar surface area (TPSA) is 38.8 Å². The molecule has 3 rings (SSSR count). The first-order valence-corrected chi connectivity index (χ1v) is 9.32. The minimum absolute atomic E-state index is 0.119. The summed E-state index contributed by atoms with van der Waals surface area (Å²) in [6.07, 6.45) is 0. The number of likely N-dealkylation sites (N-methyl/N-ethyl adjacent to an activating group) is 2. The molecule has 1 aliphatic heterocycles. The first kappa shape index (κ1) is 19.1. The summed E-state index contributed by atoms with van der Waals surface area (Å²) in [5, 5.41) is 3.31. The number of carbonyl (C=O) groups excluding carboxylic acids is 1. The predicted molar refractivity (Wildman–Crippen MR) is 113 cm³/mol. The Hall–Kier alpha value is -2.63. The third kappa shape index (κ3) is 5.18. The van der Waals surface area contributed by atoms with Gasteiger partial charge in [0.2, 0.25) is 5.91 Å². The van der Waals surface area contributed by atoms with Gasteiger partial charge in [-0.1, -0.05) is 36.9 Å². The van der Waals surface area contributed by atoms with Crippen molar-refractivity contribution in [2.24, 2.45) is 0 Å². The minimum atomic E-state index is 0.119. The fraction of sp³-hybridized carbons (Fsp3) is 0.318. The highest BCUT2D eigenvalue weighted by Crippen LogP contribution is 2.21. The fourth-order valence-electron chi connectivity index (χ4n) is 3.10. The van der Waals surface area contributed by atoms with Crippen molar-refractivity contribution < 1.29 is 4.79 Å². The number of benzene rings is 2. The van der Waals surface area contributed by atoms with Crippen molar-refractivity contribution in [2.75, 3.05) is 57.0 Å². The maximum Gasteiger partial charge on any atom is 0.240 e. The van der Waals surface area contributed by atoms with E-state index in [1.165, 1.54) is 0 Å². The molecule has 1 N–H and O–H groups in total. The summed E-state index contributed by atoms with van der Waals surface area (Å²) in [6, 6.07) is 17.9. The lowest BCUT2D eigenvalue weighted by Crippen LogP contribution is -2.48. The number of amides is 1. The lowest BCUT2D eigenvalue weighted by molar-refractivity contribution is -0.119. The van der Waals surface area contributed by atoms with Gasteiger partial charge in [0, 0.05) is 50.3 Å². The molecule has 0 saturated carbocycles. The number of nitrogens with zero attached hydrogens (tertiary/aromatic N) is 3. The van der Waals surface area contributed by atoms with Crippen molar-refractivity contribution >= 4 is 23.0 Å². The highest BCUT2D eigenvalue weighted by Gasteiger charge is 2.19. The van der Waals surface area contributed by atoms with E-state index < -0.39 is 0 Å². The lowest BCUT2D eigenvalue weighted by Gasteiger charge is -2.32. The molecule has 0 aliphatic carbocycles. The van der Waals surface area contributed by atoms with Crippen LogP contribution >= 0.6 is 0 Å². The fourth-order valence-corrected chi connectivity index (χ4v) is 3.10. The van der Waals surface area contributed by atoms with Gasteiger partial charge in [0.25, 0.3) is 0 Å². The van der Waals surface area contributed by atoms with Crippen molar-refractivity contribution in [3.05, 3.63) is 66.7 Å². The van der Waals surface area contributed by atoms with Crippen LogP contribution < -0.4 is 10.2 Å². The van der Waals surface area contributed by atoms with Crippen molar-refractivity contribution in [3.63, 3.8) is 0 Å². The molecular weight excluding hydrogens is 336 g/mol. The van der Waals surface area contributed by atoms with Crippen LogP contribution in [-0.2, 0) is 4.79 Å². The average Bonchev–Trinajstić information content (AvgIpc) is 2.70. The molecule has 2 aromatic rings. The average molecular weight is 364 g/mol. The van der Waals surface area contributed by atoms with Gasteiger partial charge in [0.1, 0.15) is 0 Å². The van der Waals surface area contributed by atoms with Gasteiger partial charge in [-0.05, 0) is 36.9 Å². The number of hydrogen-bond acceptors (Lipinski definition) is 4. The van der Waals surface area contributed by atoms with Crippen LogP contribution in [0.2, 0.25) is 0 Å². The third-order valence-corrected chi connectivity index (χ3v) is 5.00. The standard InChI is InChI=1S/C22H28N4O/c1-18(19-7-5-4-6-8-19)23-20-9-11-21(12-10-20)25(3)22(27)17-26-15-13-24(2)14-16-26/h4-12,23H,1,13-17H2,2-3H3. The summed E-state index contributed by atoms with van der Waals surface area (Å²) < 4.78 is 0. The molecule has 0 bridgehead atoms. The largest absolute Gasteiger partial charge is 0.356 e. The highest BCUT2D eigenvalue weighted by atomic mass is 16.2. The van der Waals surface area contributed by atoms with Crippen molar-refractivity contribution in [1.29, 1.82) is 0 Å². The van der Waals surface area contributed by atoms with E-state index in [0.29, 0.717) is 6.54 Å². The van der Waals surface area contributed by atoms with Crippen LogP contribution in [0.1, 0.15) is 5.56 Å². The third-order valence-electron chi connectivity index (χ3n) is 5.00. The molecule has 142 valence electrons. The zero-order valence-electron chi connectivity index (χ0n) is 16.2. The van der Waals surface area contributed by atoms with Crippen LogP contribution in [0.3, 0.4) is 0 Å². The molecule has 0 aromatic heterocycles. The van der Waals surface area contributed by atoms with Crippen LogP contribution in [0.5, 0.6) is 0 Å². The van der Waals surface area contributed by atoms with Crippen LogP contribution in [-0.4, -0.2) is 62.5 Å². The summed E-state index contributed by atoms with van der Waals surface area (Å²) in [5.74, 6) is 0.119. The van der Waals surface area contributed by atoms with E-state index in [9.17, 15) is 4.79 Å². The molecule has 5 heteroatoms. The van der Waals surface area contributed by atoms with Crippen molar-refractivity contribution in [1.82, 2.24) is 9.80 Å².